The summed E-state index contributed by atoms with van der Waals surface area (Å²) in [5, 5.41) is 9.51. The van der Waals surface area contributed by atoms with Gasteiger partial charge in [0, 0.05) is 36.4 Å². The summed E-state index contributed by atoms with van der Waals surface area (Å²) in [6, 6.07) is 1.69. The standard InChI is InChI=1S/C17H19N5O3/c1-3-13(23)12-7-11(21-22-12)9(2)6-14(24)16-10-4-5-15(25)20-17(10)19-8-18-16/h7-9H,3-6H2,1-2H3,(H,21,22)(H,18,19,20,25)/t9-/m0/s1. The van der Waals surface area contributed by atoms with Crippen molar-refractivity contribution in [3.05, 3.63) is 35.0 Å². The molecule has 0 radical (unpaired) electrons. The van der Waals surface area contributed by atoms with E-state index < -0.39 is 0 Å². The Morgan fingerprint density at radius 1 is 1.24 bits per heavy atom. The summed E-state index contributed by atoms with van der Waals surface area (Å²) in [6.45, 7) is 3.67. The van der Waals surface area contributed by atoms with E-state index in [0.717, 1.165) is 5.69 Å². The van der Waals surface area contributed by atoms with E-state index in [2.05, 4.69) is 25.5 Å². The van der Waals surface area contributed by atoms with Crippen LogP contribution in [0.5, 0.6) is 0 Å². The van der Waals surface area contributed by atoms with Gasteiger partial charge in [-0.2, -0.15) is 5.10 Å². The van der Waals surface area contributed by atoms with Gasteiger partial charge in [0.2, 0.25) is 5.91 Å². The third kappa shape index (κ3) is 3.47. The molecule has 0 fully saturated rings. The quantitative estimate of drug-likeness (QED) is 0.776. The second-order valence-electron chi connectivity index (χ2n) is 6.11. The minimum atomic E-state index is -0.137. The van der Waals surface area contributed by atoms with Crippen molar-refractivity contribution >= 4 is 23.3 Å². The number of aromatic nitrogens is 4. The maximum Gasteiger partial charge on any atom is 0.225 e. The number of aromatic amines is 1. The monoisotopic (exact) mass is 341 g/mol. The molecule has 1 aliphatic rings. The van der Waals surface area contributed by atoms with Crippen LogP contribution in [-0.2, 0) is 11.2 Å². The summed E-state index contributed by atoms with van der Waals surface area (Å²) in [5.41, 5.74) is 2.16. The van der Waals surface area contributed by atoms with Gasteiger partial charge in [0.25, 0.3) is 0 Å². The fourth-order valence-corrected chi connectivity index (χ4v) is 2.83. The average molecular weight is 341 g/mol. The van der Waals surface area contributed by atoms with Gasteiger partial charge in [-0.1, -0.05) is 13.8 Å². The van der Waals surface area contributed by atoms with Gasteiger partial charge in [-0.25, -0.2) is 9.97 Å². The SMILES string of the molecule is CCC(=O)c1cc([C@@H](C)CC(=O)c2ncnc3c2CCC(=O)N3)[nH]n1. The Morgan fingerprint density at radius 2 is 2.04 bits per heavy atom. The number of hydrogen-bond acceptors (Lipinski definition) is 6. The Kier molecular flexibility index (Phi) is 4.69. The Labute approximate surface area is 144 Å². The number of carbonyl (C=O) groups excluding carboxylic acids is 3. The number of amides is 1. The van der Waals surface area contributed by atoms with E-state index in [-0.39, 0.29) is 29.8 Å². The predicted molar refractivity (Wildman–Crippen MR) is 89.6 cm³/mol. The van der Waals surface area contributed by atoms with E-state index in [0.29, 0.717) is 42.0 Å². The highest BCUT2D eigenvalue weighted by atomic mass is 16.2. The first-order valence-electron chi connectivity index (χ1n) is 8.25. The molecule has 0 saturated carbocycles. The van der Waals surface area contributed by atoms with Crippen molar-refractivity contribution in [2.75, 3.05) is 5.32 Å². The number of anilines is 1. The lowest BCUT2D eigenvalue weighted by molar-refractivity contribution is -0.116. The van der Waals surface area contributed by atoms with Crippen LogP contribution in [-0.4, -0.2) is 37.6 Å². The Morgan fingerprint density at radius 3 is 2.80 bits per heavy atom. The number of rotatable bonds is 6. The number of carbonyl (C=O) groups is 3. The van der Waals surface area contributed by atoms with Gasteiger partial charge in [-0.15, -0.1) is 0 Å². The van der Waals surface area contributed by atoms with Crippen LogP contribution in [0.2, 0.25) is 0 Å². The molecule has 130 valence electrons. The van der Waals surface area contributed by atoms with Gasteiger partial charge in [0.05, 0.1) is 0 Å². The molecule has 3 heterocycles. The van der Waals surface area contributed by atoms with Gasteiger partial charge in [-0.05, 0) is 12.5 Å². The fourth-order valence-electron chi connectivity index (χ4n) is 2.83. The molecule has 0 aliphatic carbocycles. The zero-order valence-electron chi connectivity index (χ0n) is 14.1. The third-order valence-electron chi connectivity index (χ3n) is 4.30. The molecule has 1 aliphatic heterocycles. The van der Waals surface area contributed by atoms with Gasteiger partial charge < -0.3 is 5.32 Å². The van der Waals surface area contributed by atoms with E-state index in [9.17, 15) is 14.4 Å². The highest BCUT2D eigenvalue weighted by Gasteiger charge is 2.25. The molecule has 0 saturated heterocycles. The van der Waals surface area contributed by atoms with Crippen molar-refractivity contribution in [2.24, 2.45) is 0 Å². The zero-order valence-corrected chi connectivity index (χ0v) is 14.1. The average Bonchev–Trinajstić information content (AvgIpc) is 3.10. The van der Waals surface area contributed by atoms with Crippen LogP contribution >= 0.6 is 0 Å². The summed E-state index contributed by atoms with van der Waals surface area (Å²) < 4.78 is 0. The predicted octanol–water partition coefficient (Wildman–Crippen LogP) is 2.05. The largest absolute Gasteiger partial charge is 0.310 e. The maximum absolute atomic E-state index is 12.7. The van der Waals surface area contributed by atoms with E-state index >= 15 is 0 Å². The van der Waals surface area contributed by atoms with Gasteiger partial charge >= 0.3 is 0 Å². The van der Waals surface area contributed by atoms with Crippen molar-refractivity contribution < 1.29 is 14.4 Å². The lowest BCUT2D eigenvalue weighted by atomic mass is 9.95. The minimum absolute atomic E-state index is 0.0401. The van der Waals surface area contributed by atoms with Crippen LogP contribution in [0.1, 0.15) is 71.3 Å². The second kappa shape index (κ2) is 6.92. The number of nitrogens with zero attached hydrogens (tertiary/aromatic N) is 3. The van der Waals surface area contributed by atoms with Crippen molar-refractivity contribution in [3.63, 3.8) is 0 Å². The fraction of sp³-hybridized carbons (Fsp3) is 0.412. The third-order valence-corrected chi connectivity index (χ3v) is 4.30. The molecule has 0 unspecified atom stereocenters. The summed E-state index contributed by atoms with van der Waals surface area (Å²) in [4.78, 5) is 44.0. The first kappa shape index (κ1) is 16.9. The topological polar surface area (TPSA) is 118 Å². The lowest BCUT2D eigenvalue weighted by Crippen LogP contribution is -2.23. The number of fused-ring (bicyclic) bond motifs is 1. The Bertz CT molecular complexity index is 843. The molecule has 1 amide bonds. The summed E-state index contributed by atoms with van der Waals surface area (Å²) in [7, 11) is 0. The summed E-state index contributed by atoms with van der Waals surface area (Å²) in [6.07, 6.45) is 2.67. The van der Waals surface area contributed by atoms with Crippen molar-refractivity contribution in [1.82, 2.24) is 20.2 Å². The molecule has 8 heteroatoms. The van der Waals surface area contributed by atoms with Gasteiger partial charge in [-0.3, -0.25) is 19.5 Å². The summed E-state index contributed by atoms with van der Waals surface area (Å²) >= 11 is 0. The normalized spacial score (nSPS) is 14.6. The smallest absolute Gasteiger partial charge is 0.225 e. The molecule has 1 atom stereocenters. The molecule has 2 aromatic heterocycles. The Hall–Kier alpha value is -2.90. The van der Waals surface area contributed by atoms with Crippen LogP contribution in [0.3, 0.4) is 0 Å². The van der Waals surface area contributed by atoms with Crippen LogP contribution in [0.15, 0.2) is 12.4 Å². The van der Waals surface area contributed by atoms with Crippen LogP contribution in [0.25, 0.3) is 0 Å². The molecule has 0 bridgehead atoms. The molecular formula is C17H19N5O3. The van der Waals surface area contributed by atoms with Crippen LogP contribution < -0.4 is 5.32 Å². The highest BCUT2D eigenvalue weighted by molar-refractivity contribution is 6.00. The second-order valence-corrected chi connectivity index (χ2v) is 6.11. The van der Waals surface area contributed by atoms with E-state index in [1.165, 1.54) is 6.33 Å². The molecule has 25 heavy (non-hydrogen) atoms. The number of Topliss-reactive ketones (excluding diaryl/α,β-unsaturated/α-hetero) is 2. The molecule has 2 aromatic rings. The zero-order chi connectivity index (χ0) is 18.0. The number of nitrogens with one attached hydrogen (secondary N) is 2. The molecule has 0 aromatic carbocycles. The van der Waals surface area contributed by atoms with Crippen molar-refractivity contribution in [2.45, 2.75) is 45.4 Å². The minimum Gasteiger partial charge on any atom is -0.310 e. The first-order chi connectivity index (χ1) is 12.0. The molecule has 0 spiro atoms. The van der Waals surface area contributed by atoms with Crippen molar-refractivity contribution in [1.29, 1.82) is 0 Å². The number of H-pyrrole nitrogens is 1. The van der Waals surface area contributed by atoms with E-state index in [4.69, 9.17) is 0 Å². The molecule has 3 rings (SSSR count). The number of hydrogen-bond donors (Lipinski definition) is 2. The maximum atomic E-state index is 12.7. The highest BCUT2D eigenvalue weighted by Crippen LogP contribution is 2.26. The number of ketones is 2. The molecular weight excluding hydrogens is 322 g/mol. The van der Waals surface area contributed by atoms with Crippen LogP contribution in [0, 0.1) is 0 Å². The molecule has 8 nitrogen and oxygen atoms in total. The van der Waals surface area contributed by atoms with E-state index in [1.807, 2.05) is 6.92 Å². The lowest BCUT2D eigenvalue weighted by Gasteiger charge is -2.18. The van der Waals surface area contributed by atoms with Crippen LogP contribution in [0.4, 0.5) is 5.82 Å². The first-order valence-corrected chi connectivity index (χ1v) is 8.25. The summed E-state index contributed by atoms with van der Waals surface area (Å²) in [5.74, 6) is 0.00674. The van der Waals surface area contributed by atoms with E-state index in [1.54, 1.807) is 13.0 Å². The van der Waals surface area contributed by atoms with Gasteiger partial charge in [0.15, 0.2) is 11.6 Å². The van der Waals surface area contributed by atoms with Crippen molar-refractivity contribution in [3.8, 4) is 0 Å². The van der Waals surface area contributed by atoms with Gasteiger partial charge in [0.1, 0.15) is 23.5 Å². The Balaban J connectivity index is 1.76. The molecule has 2 N–H and O–H groups in total.